The van der Waals surface area contributed by atoms with Crippen LogP contribution in [0.4, 0.5) is 0 Å². The molecule has 0 aliphatic rings. The van der Waals surface area contributed by atoms with E-state index in [1.807, 2.05) is 48.5 Å². The highest BCUT2D eigenvalue weighted by Crippen LogP contribution is 2.20. The Morgan fingerprint density at radius 1 is 1.19 bits per heavy atom. The zero-order valence-electron chi connectivity index (χ0n) is 14.6. The molecule has 6 nitrogen and oxygen atoms in total. The fourth-order valence-electron chi connectivity index (χ4n) is 2.66. The summed E-state index contributed by atoms with van der Waals surface area (Å²) < 4.78 is 6.36. The van der Waals surface area contributed by atoms with Gasteiger partial charge in [0.25, 0.3) is 11.8 Å². The number of nitrogens with zero attached hydrogens (tertiary/aromatic N) is 2. The van der Waals surface area contributed by atoms with Crippen molar-refractivity contribution in [1.29, 1.82) is 0 Å². The van der Waals surface area contributed by atoms with Gasteiger partial charge in [0.2, 0.25) is 5.82 Å². The molecule has 1 amide bonds. The Hall–Kier alpha value is -2.51. The molecule has 134 valence electrons. The van der Waals surface area contributed by atoms with Crippen LogP contribution in [-0.4, -0.2) is 30.1 Å². The second-order valence-electron chi connectivity index (χ2n) is 6.11. The van der Waals surface area contributed by atoms with Gasteiger partial charge in [-0.3, -0.25) is 4.79 Å². The molecule has 1 aromatic heterocycles. The molecule has 0 aliphatic heterocycles. The van der Waals surface area contributed by atoms with Gasteiger partial charge in [-0.1, -0.05) is 45.4 Å². The zero-order valence-corrected chi connectivity index (χ0v) is 16.2. The Kier molecular flexibility index (Phi) is 5.80. The van der Waals surface area contributed by atoms with Gasteiger partial charge in [0, 0.05) is 28.2 Å². The van der Waals surface area contributed by atoms with Crippen LogP contribution in [0.1, 0.15) is 21.8 Å². The van der Waals surface area contributed by atoms with Gasteiger partial charge in [-0.15, -0.1) is 0 Å². The van der Waals surface area contributed by atoms with Gasteiger partial charge in [0.1, 0.15) is 6.54 Å². The fourth-order valence-corrected chi connectivity index (χ4v) is 3.06. The standard InChI is InChI=1S/C19H19BrN4O2/c1-21-19(25)14-8-6-13(7-9-14)11-24(2)12-17-22-18(23-26-17)15-4-3-5-16(20)10-15/h3-10H,11-12H2,1-2H3,(H,21,25)/p+1. The first kappa shape index (κ1) is 18.3. The molecule has 2 N–H and O–H groups in total. The van der Waals surface area contributed by atoms with Crippen LogP contribution in [-0.2, 0) is 13.1 Å². The van der Waals surface area contributed by atoms with Crippen molar-refractivity contribution >= 4 is 21.8 Å². The van der Waals surface area contributed by atoms with Crippen LogP contribution < -0.4 is 10.2 Å². The second kappa shape index (κ2) is 8.25. The molecule has 2 aromatic carbocycles. The molecule has 1 heterocycles. The topological polar surface area (TPSA) is 72.5 Å². The highest BCUT2D eigenvalue weighted by Gasteiger charge is 2.14. The number of quaternary nitrogens is 1. The fraction of sp³-hybridized carbons (Fsp3) is 0.211. The SMILES string of the molecule is CNC(=O)c1ccc(C[NH+](C)Cc2nc(-c3cccc(Br)c3)no2)cc1. The lowest BCUT2D eigenvalue weighted by molar-refractivity contribution is -0.909. The summed E-state index contributed by atoms with van der Waals surface area (Å²) in [6, 6.07) is 15.4. The van der Waals surface area contributed by atoms with Crippen LogP contribution in [0.25, 0.3) is 11.4 Å². The molecule has 0 aliphatic carbocycles. The van der Waals surface area contributed by atoms with Crippen LogP contribution in [0, 0.1) is 0 Å². The summed E-state index contributed by atoms with van der Waals surface area (Å²) >= 11 is 3.45. The molecule has 3 rings (SSSR count). The average molecular weight is 416 g/mol. The number of aromatic nitrogens is 2. The van der Waals surface area contributed by atoms with Crippen molar-refractivity contribution in [3.8, 4) is 11.4 Å². The van der Waals surface area contributed by atoms with Crippen LogP contribution >= 0.6 is 15.9 Å². The van der Waals surface area contributed by atoms with E-state index in [9.17, 15) is 4.79 Å². The first-order chi connectivity index (χ1) is 12.5. The smallest absolute Gasteiger partial charge is 0.282 e. The van der Waals surface area contributed by atoms with Crippen molar-refractivity contribution < 1.29 is 14.2 Å². The van der Waals surface area contributed by atoms with E-state index in [-0.39, 0.29) is 5.91 Å². The zero-order chi connectivity index (χ0) is 18.5. The predicted octanol–water partition coefficient (Wildman–Crippen LogP) is 2.07. The van der Waals surface area contributed by atoms with E-state index in [0.29, 0.717) is 23.8 Å². The van der Waals surface area contributed by atoms with E-state index < -0.39 is 0 Å². The molecule has 0 bridgehead atoms. The number of hydrogen-bond donors (Lipinski definition) is 2. The maximum absolute atomic E-state index is 11.6. The molecule has 3 aromatic rings. The molecule has 0 saturated heterocycles. The highest BCUT2D eigenvalue weighted by molar-refractivity contribution is 9.10. The van der Waals surface area contributed by atoms with Crippen LogP contribution in [0.15, 0.2) is 57.5 Å². The van der Waals surface area contributed by atoms with Gasteiger partial charge < -0.3 is 14.7 Å². The van der Waals surface area contributed by atoms with Crippen molar-refractivity contribution in [2.24, 2.45) is 0 Å². The molecular formula is C19H20BrN4O2+. The number of carbonyl (C=O) groups is 1. The minimum Gasteiger partial charge on any atom is -0.355 e. The third kappa shape index (κ3) is 4.56. The maximum Gasteiger partial charge on any atom is 0.282 e. The van der Waals surface area contributed by atoms with Gasteiger partial charge >= 0.3 is 0 Å². The predicted molar refractivity (Wildman–Crippen MR) is 102 cm³/mol. The average Bonchev–Trinajstić information content (AvgIpc) is 3.10. The van der Waals surface area contributed by atoms with Gasteiger partial charge in [0.05, 0.1) is 7.05 Å². The van der Waals surface area contributed by atoms with Crippen molar-refractivity contribution in [3.63, 3.8) is 0 Å². The minimum absolute atomic E-state index is 0.0804. The molecule has 0 radical (unpaired) electrons. The summed E-state index contributed by atoms with van der Waals surface area (Å²) in [7, 11) is 3.69. The van der Waals surface area contributed by atoms with Crippen molar-refractivity contribution in [2.75, 3.05) is 14.1 Å². The number of rotatable bonds is 6. The van der Waals surface area contributed by atoms with Crippen LogP contribution in [0.3, 0.4) is 0 Å². The molecule has 0 saturated carbocycles. The third-order valence-electron chi connectivity index (χ3n) is 3.95. The molecule has 26 heavy (non-hydrogen) atoms. The third-order valence-corrected chi connectivity index (χ3v) is 4.45. The molecule has 1 unspecified atom stereocenters. The quantitative estimate of drug-likeness (QED) is 0.646. The monoisotopic (exact) mass is 415 g/mol. The number of amides is 1. The number of benzene rings is 2. The van der Waals surface area contributed by atoms with E-state index in [1.165, 1.54) is 4.90 Å². The maximum atomic E-state index is 11.6. The molecular weight excluding hydrogens is 396 g/mol. The second-order valence-corrected chi connectivity index (χ2v) is 7.02. The Morgan fingerprint density at radius 3 is 2.65 bits per heavy atom. The van der Waals surface area contributed by atoms with E-state index in [4.69, 9.17) is 4.52 Å². The number of carbonyl (C=O) groups excluding carboxylic acids is 1. The summed E-state index contributed by atoms with van der Waals surface area (Å²) in [6.07, 6.45) is 0. The summed E-state index contributed by atoms with van der Waals surface area (Å²) in [5, 5.41) is 6.68. The highest BCUT2D eigenvalue weighted by atomic mass is 79.9. The van der Waals surface area contributed by atoms with Gasteiger partial charge in [-0.2, -0.15) is 4.98 Å². The van der Waals surface area contributed by atoms with Crippen LogP contribution in [0.2, 0.25) is 0 Å². The lowest BCUT2D eigenvalue weighted by atomic mass is 10.1. The van der Waals surface area contributed by atoms with Gasteiger partial charge in [-0.05, 0) is 24.3 Å². The Bertz CT molecular complexity index is 893. The number of hydrogen-bond acceptors (Lipinski definition) is 4. The van der Waals surface area contributed by atoms with Crippen molar-refractivity contribution in [3.05, 3.63) is 70.0 Å². The minimum atomic E-state index is -0.0804. The summed E-state index contributed by atoms with van der Waals surface area (Å²) in [4.78, 5) is 17.3. The van der Waals surface area contributed by atoms with E-state index in [2.05, 4.69) is 38.4 Å². The van der Waals surface area contributed by atoms with Crippen molar-refractivity contribution in [1.82, 2.24) is 15.5 Å². The summed E-state index contributed by atoms with van der Waals surface area (Å²) in [5.41, 5.74) is 2.71. The first-order valence-electron chi connectivity index (χ1n) is 8.26. The number of nitrogens with one attached hydrogen (secondary N) is 2. The molecule has 0 fully saturated rings. The Morgan fingerprint density at radius 2 is 1.96 bits per heavy atom. The first-order valence-corrected chi connectivity index (χ1v) is 9.05. The lowest BCUT2D eigenvalue weighted by Gasteiger charge is -2.11. The Balaban J connectivity index is 1.62. The largest absolute Gasteiger partial charge is 0.355 e. The summed E-state index contributed by atoms with van der Waals surface area (Å²) in [5.74, 6) is 1.10. The van der Waals surface area contributed by atoms with E-state index in [1.54, 1.807) is 7.05 Å². The van der Waals surface area contributed by atoms with Crippen molar-refractivity contribution in [2.45, 2.75) is 13.1 Å². The molecule has 1 atom stereocenters. The van der Waals surface area contributed by atoms with E-state index in [0.717, 1.165) is 22.1 Å². The van der Waals surface area contributed by atoms with E-state index >= 15 is 0 Å². The molecule has 7 heteroatoms. The normalized spacial score (nSPS) is 12.0. The molecule has 0 spiro atoms. The lowest BCUT2D eigenvalue weighted by Crippen LogP contribution is -3.06. The summed E-state index contributed by atoms with van der Waals surface area (Å²) in [6.45, 7) is 1.42. The van der Waals surface area contributed by atoms with Gasteiger partial charge in [0.15, 0.2) is 6.54 Å². The van der Waals surface area contributed by atoms with Crippen LogP contribution in [0.5, 0.6) is 0 Å². The Labute approximate surface area is 160 Å². The number of halogens is 1. The van der Waals surface area contributed by atoms with Gasteiger partial charge in [-0.25, -0.2) is 0 Å².